The first-order valence-corrected chi connectivity index (χ1v) is 11.8. The standard InChI is InChI=1S/C27H17Cl2NO5/c1-13-6-8-14(9-7-13)22-20-21(26(34)30(25(20)33)15-10-11-18(28)19(29)12-15)27(35-22)23(31)16-4-2-3-5-17(16)24(27)32/h2-12,20-22H,1H3/t20-,21-,22-/m0/s1. The lowest BCUT2D eigenvalue weighted by atomic mass is 9.77. The Hall–Kier alpha value is -3.32. The number of fused-ring (bicyclic) bond motifs is 3. The van der Waals surface area contributed by atoms with E-state index in [0.717, 1.165) is 10.5 Å². The lowest BCUT2D eigenvalue weighted by molar-refractivity contribution is -0.127. The van der Waals surface area contributed by atoms with Crippen molar-refractivity contribution in [1.29, 1.82) is 0 Å². The van der Waals surface area contributed by atoms with E-state index in [1.54, 1.807) is 36.4 Å². The van der Waals surface area contributed by atoms with Crippen LogP contribution in [0.2, 0.25) is 10.0 Å². The predicted octanol–water partition coefficient (Wildman–Crippen LogP) is 5.00. The van der Waals surface area contributed by atoms with E-state index in [2.05, 4.69) is 0 Å². The summed E-state index contributed by atoms with van der Waals surface area (Å²) in [5, 5.41) is 0.437. The number of hydrogen-bond acceptors (Lipinski definition) is 5. The van der Waals surface area contributed by atoms with E-state index in [1.807, 2.05) is 19.1 Å². The smallest absolute Gasteiger partial charge is 0.241 e. The molecule has 35 heavy (non-hydrogen) atoms. The third-order valence-corrected chi connectivity index (χ3v) is 7.83. The number of carbonyl (C=O) groups is 4. The number of ketones is 2. The second-order valence-electron chi connectivity index (χ2n) is 9.00. The maximum Gasteiger partial charge on any atom is 0.241 e. The van der Waals surface area contributed by atoms with E-state index in [1.165, 1.54) is 18.2 Å². The SMILES string of the molecule is Cc1ccc([C@@H]2OC3(C(=O)c4ccccc4C3=O)[C@@H]3C(=O)N(c4ccc(Cl)c(Cl)c4)C(=O)[C@@H]32)cc1. The quantitative estimate of drug-likeness (QED) is 0.361. The highest BCUT2D eigenvalue weighted by atomic mass is 35.5. The molecule has 2 saturated heterocycles. The zero-order valence-electron chi connectivity index (χ0n) is 18.3. The maximum absolute atomic E-state index is 13.9. The van der Waals surface area contributed by atoms with Gasteiger partial charge in [-0.2, -0.15) is 0 Å². The van der Waals surface area contributed by atoms with Gasteiger partial charge in [-0.25, -0.2) is 4.90 Å². The number of ether oxygens (including phenoxy) is 1. The fourth-order valence-corrected chi connectivity index (χ4v) is 5.75. The van der Waals surface area contributed by atoms with Crippen molar-refractivity contribution in [2.24, 2.45) is 11.8 Å². The number of nitrogens with zero attached hydrogens (tertiary/aromatic N) is 1. The van der Waals surface area contributed by atoms with Gasteiger partial charge in [-0.15, -0.1) is 0 Å². The third kappa shape index (κ3) is 2.88. The Morgan fingerprint density at radius 2 is 1.43 bits per heavy atom. The Morgan fingerprint density at radius 3 is 2.03 bits per heavy atom. The van der Waals surface area contributed by atoms with E-state index < -0.39 is 46.9 Å². The lowest BCUT2D eigenvalue weighted by Gasteiger charge is -2.27. The average molecular weight is 506 g/mol. The summed E-state index contributed by atoms with van der Waals surface area (Å²) in [7, 11) is 0. The summed E-state index contributed by atoms with van der Waals surface area (Å²) in [6.45, 7) is 1.92. The van der Waals surface area contributed by atoms with Crippen LogP contribution in [-0.2, 0) is 14.3 Å². The molecule has 3 atom stereocenters. The van der Waals surface area contributed by atoms with Crippen LogP contribution in [0.15, 0.2) is 66.7 Å². The van der Waals surface area contributed by atoms with Gasteiger partial charge in [0.05, 0.1) is 33.7 Å². The van der Waals surface area contributed by atoms with Gasteiger partial charge in [0.2, 0.25) is 29.0 Å². The Morgan fingerprint density at radius 1 is 0.800 bits per heavy atom. The number of amides is 2. The molecule has 1 aliphatic carbocycles. The first-order chi connectivity index (χ1) is 16.8. The molecule has 2 aliphatic heterocycles. The second kappa shape index (κ2) is 7.59. The molecule has 3 aliphatic rings. The van der Waals surface area contributed by atoms with Crippen LogP contribution in [0.3, 0.4) is 0 Å². The normalized spacial score (nSPS) is 24.4. The molecule has 0 unspecified atom stereocenters. The number of benzene rings is 3. The van der Waals surface area contributed by atoms with Gasteiger partial charge in [0, 0.05) is 11.1 Å². The van der Waals surface area contributed by atoms with Crippen molar-refractivity contribution in [3.63, 3.8) is 0 Å². The number of imide groups is 1. The largest absolute Gasteiger partial charge is 0.349 e. The minimum absolute atomic E-state index is 0.170. The van der Waals surface area contributed by atoms with Gasteiger partial charge in [-0.05, 0) is 30.7 Å². The minimum atomic E-state index is -2.11. The Balaban J connectivity index is 1.54. The summed E-state index contributed by atoms with van der Waals surface area (Å²) in [5.41, 5.74) is 0.0858. The van der Waals surface area contributed by atoms with E-state index in [-0.39, 0.29) is 26.9 Å². The highest BCUT2D eigenvalue weighted by Gasteiger charge is 2.74. The summed E-state index contributed by atoms with van der Waals surface area (Å²) in [6, 6.07) is 18.1. The van der Waals surface area contributed by atoms with Crippen molar-refractivity contribution in [2.45, 2.75) is 18.6 Å². The number of Topliss-reactive ketones (excluding diaryl/α,β-unsaturated/α-hetero) is 2. The molecular weight excluding hydrogens is 489 g/mol. The molecule has 6 nitrogen and oxygen atoms in total. The summed E-state index contributed by atoms with van der Waals surface area (Å²) in [5.74, 6) is -4.82. The van der Waals surface area contributed by atoms with Crippen LogP contribution < -0.4 is 4.90 Å². The monoisotopic (exact) mass is 505 g/mol. The van der Waals surface area contributed by atoms with Crippen LogP contribution in [0.5, 0.6) is 0 Å². The van der Waals surface area contributed by atoms with Gasteiger partial charge < -0.3 is 4.74 Å². The molecule has 0 bridgehead atoms. The molecule has 0 radical (unpaired) electrons. The summed E-state index contributed by atoms with van der Waals surface area (Å²) in [4.78, 5) is 56.1. The first-order valence-electron chi connectivity index (χ1n) is 11.0. The van der Waals surface area contributed by atoms with E-state index in [4.69, 9.17) is 27.9 Å². The molecule has 1 spiro atoms. The molecule has 2 fully saturated rings. The molecule has 0 saturated carbocycles. The molecule has 0 aromatic heterocycles. The third-order valence-electron chi connectivity index (χ3n) is 7.09. The van der Waals surface area contributed by atoms with Gasteiger partial charge in [0.25, 0.3) is 0 Å². The molecule has 3 aromatic carbocycles. The summed E-state index contributed by atoms with van der Waals surface area (Å²) in [6.07, 6.45) is -0.966. The van der Waals surface area contributed by atoms with Gasteiger partial charge >= 0.3 is 0 Å². The van der Waals surface area contributed by atoms with Crippen LogP contribution in [-0.4, -0.2) is 29.0 Å². The van der Waals surface area contributed by atoms with Crippen LogP contribution in [0.1, 0.15) is 37.9 Å². The zero-order chi connectivity index (χ0) is 24.6. The Bertz CT molecular complexity index is 1430. The van der Waals surface area contributed by atoms with Gasteiger partial charge in [0.15, 0.2) is 0 Å². The molecule has 2 heterocycles. The van der Waals surface area contributed by atoms with Crippen molar-refractivity contribution < 1.29 is 23.9 Å². The molecule has 2 amide bonds. The fourth-order valence-electron chi connectivity index (χ4n) is 5.45. The van der Waals surface area contributed by atoms with Crippen molar-refractivity contribution >= 4 is 52.3 Å². The highest BCUT2D eigenvalue weighted by Crippen LogP contribution is 2.57. The number of aryl methyl sites for hydroxylation is 1. The maximum atomic E-state index is 13.9. The van der Waals surface area contributed by atoms with Gasteiger partial charge in [-0.3, -0.25) is 19.2 Å². The van der Waals surface area contributed by atoms with E-state index in [0.29, 0.717) is 5.56 Å². The van der Waals surface area contributed by atoms with Crippen molar-refractivity contribution in [1.82, 2.24) is 0 Å². The summed E-state index contributed by atoms with van der Waals surface area (Å²) < 4.78 is 6.26. The van der Waals surface area contributed by atoms with Crippen LogP contribution >= 0.6 is 23.2 Å². The molecule has 0 N–H and O–H groups in total. The van der Waals surface area contributed by atoms with Gasteiger partial charge in [-0.1, -0.05) is 77.3 Å². The molecule has 174 valence electrons. The van der Waals surface area contributed by atoms with Crippen molar-refractivity contribution in [3.05, 3.63) is 99.0 Å². The lowest BCUT2D eigenvalue weighted by Crippen LogP contribution is -2.51. The number of halogens is 2. The number of rotatable bonds is 2. The van der Waals surface area contributed by atoms with Crippen LogP contribution in [0, 0.1) is 18.8 Å². The van der Waals surface area contributed by atoms with Crippen molar-refractivity contribution in [3.8, 4) is 0 Å². The highest BCUT2D eigenvalue weighted by molar-refractivity contribution is 6.42. The van der Waals surface area contributed by atoms with Gasteiger partial charge in [0.1, 0.15) is 0 Å². The molecule has 8 heteroatoms. The average Bonchev–Trinajstić information content (AvgIpc) is 3.41. The minimum Gasteiger partial charge on any atom is -0.349 e. The number of anilines is 1. The van der Waals surface area contributed by atoms with E-state index in [9.17, 15) is 19.2 Å². The Kier molecular flexibility index (Phi) is 4.81. The fraction of sp³-hybridized carbons (Fsp3) is 0.185. The van der Waals surface area contributed by atoms with Crippen LogP contribution in [0.4, 0.5) is 5.69 Å². The predicted molar refractivity (Wildman–Crippen MR) is 129 cm³/mol. The summed E-state index contributed by atoms with van der Waals surface area (Å²) >= 11 is 12.2. The van der Waals surface area contributed by atoms with Crippen LogP contribution in [0.25, 0.3) is 0 Å². The molecule has 3 aromatic rings. The zero-order valence-corrected chi connectivity index (χ0v) is 19.8. The van der Waals surface area contributed by atoms with Crippen molar-refractivity contribution in [2.75, 3.05) is 4.90 Å². The second-order valence-corrected chi connectivity index (χ2v) is 9.82. The molecular formula is C27H17Cl2NO5. The number of hydrogen-bond donors (Lipinski definition) is 0. The molecule has 6 rings (SSSR count). The van der Waals surface area contributed by atoms with E-state index >= 15 is 0 Å². The Labute approximate surface area is 210 Å². The first kappa shape index (κ1) is 22.2. The number of carbonyl (C=O) groups excluding carboxylic acids is 4. The topological polar surface area (TPSA) is 80.8 Å².